The van der Waals surface area contributed by atoms with Gasteiger partial charge in [-0.2, -0.15) is 0 Å². The lowest BCUT2D eigenvalue weighted by Crippen LogP contribution is -2.11. The fraction of sp³-hybridized carbons (Fsp3) is 0.200. The monoisotopic (exact) mass is 393 g/mol. The maximum atomic E-state index is 12.0. The summed E-state index contributed by atoms with van der Waals surface area (Å²) in [5.74, 6) is 1.26. The standard InChI is InChI=1S/C15H15N5O2S3/c1-22-11-5-3-2-4-9(11)10-8-24-14(17-10)18-12(21)6-7-23-15-20-19-13(16)25-15/h2-5,8H,6-7H2,1H3,(H2,16,19)(H,17,18,21). The lowest BCUT2D eigenvalue weighted by Gasteiger charge is -2.05. The number of thiazole rings is 1. The van der Waals surface area contributed by atoms with Gasteiger partial charge in [-0.3, -0.25) is 4.79 Å². The molecule has 0 spiro atoms. The van der Waals surface area contributed by atoms with E-state index < -0.39 is 0 Å². The third kappa shape index (κ3) is 4.68. The second kappa shape index (κ2) is 8.28. The van der Waals surface area contributed by atoms with E-state index in [4.69, 9.17) is 10.5 Å². The summed E-state index contributed by atoms with van der Waals surface area (Å²) in [4.78, 5) is 16.5. The zero-order valence-corrected chi connectivity index (χ0v) is 15.7. The quantitative estimate of drug-likeness (QED) is 0.593. The van der Waals surface area contributed by atoms with E-state index in [-0.39, 0.29) is 5.91 Å². The number of nitrogen functional groups attached to an aromatic ring is 1. The summed E-state index contributed by atoms with van der Waals surface area (Å²) in [7, 11) is 1.62. The van der Waals surface area contributed by atoms with Gasteiger partial charge in [0.1, 0.15) is 5.75 Å². The molecule has 25 heavy (non-hydrogen) atoms. The molecular weight excluding hydrogens is 378 g/mol. The van der Waals surface area contributed by atoms with Crippen LogP contribution >= 0.6 is 34.4 Å². The minimum Gasteiger partial charge on any atom is -0.496 e. The summed E-state index contributed by atoms with van der Waals surface area (Å²) < 4.78 is 6.10. The van der Waals surface area contributed by atoms with Crippen LogP contribution in [0.25, 0.3) is 11.3 Å². The molecule has 1 amide bonds. The number of amides is 1. The molecule has 0 radical (unpaired) electrons. The summed E-state index contributed by atoms with van der Waals surface area (Å²) in [5.41, 5.74) is 7.19. The van der Waals surface area contributed by atoms with E-state index in [9.17, 15) is 4.79 Å². The molecule has 3 rings (SSSR count). The Labute approximate surface area is 156 Å². The Morgan fingerprint density at radius 2 is 2.20 bits per heavy atom. The van der Waals surface area contributed by atoms with E-state index in [1.807, 2.05) is 29.6 Å². The number of methoxy groups -OCH3 is 1. The van der Waals surface area contributed by atoms with Crippen molar-refractivity contribution < 1.29 is 9.53 Å². The molecule has 0 saturated carbocycles. The first-order chi connectivity index (χ1) is 12.2. The van der Waals surface area contributed by atoms with Gasteiger partial charge in [0.2, 0.25) is 11.0 Å². The lowest BCUT2D eigenvalue weighted by molar-refractivity contribution is -0.115. The van der Waals surface area contributed by atoms with Crippen molar-refractivity contribution in [2.24, 2.45) is 0 Å². The fourth-order valence-corrected chi connectivity index (χ4v) is 4.37. The highest BCUT2D eigenvalue weighted by atomic mass is 32.2. The molecule has 2 heterocycles. The number of hydrogen-bond donors (Lipinski definition) is 2. The van der Waals surface area contributed by atoms with E-state index >= 15 is 0 Å². The molecule has 0 fully saturated rings. The van der Waals surface area contributed by atoms with Crippen LogP contribution in [0.15, 0.2) is 34.0 Å². The third-order valence-corrected chi connectivity index (χ3v) is 5.76. The van der Waals surface area contributed by atoms with Crippen LogP contribution in [-0.4, -0.2) is 34.0 Å². The summed E-state index contributed by atoms with van der Waals surface area (Å²) in [6.45, 7) is 0. The van der Waals surface area contributed by atoms with Crippen molar-refractivity contribution in [3.8, 4) is 17.0 Å². The smallest absolute Gasteiger partial charge is 0.226 e. The minimum atomic E-state index is -0.0917. The number of carbonyl (C=O) groups is 1. The molecule has 1 aromatic carbocycles. The molecule has 0 aliphatic rings. The van der Waals surface area contributed by atoms with Crippen LogP contribution in [0.5, 0.6) is 5.75 Å². The van der Waals surface area contributed by atoms with E-state index in [0.29, 0.717) is 22.4 Å². The van der Waals surface area contributed by atoms with Crippen LogP contribution in [0.1, 0.15) is 6.42 Å². The van der Waals surface area contributed by atoms with Crippen molar-refractivity contribution in [3.63, 3.8) is 0 Å². The zero-order valence-electron chi connectivity index (χ0n) is 13.3. The fourth-order valence-electron chi connectivity index (χ4n) is 2.00. The van der Waals surface area contributed by atoms with Crippen molar-refractivity contribution in [1.29, 1.82) is 0 Å². The van der Waals surface area contributed by atoms with E-state index in [2.05, 4.69) is 20.5 Å². The third-order valence-electron chi connectivity index (χ3n) is 3.11. The number of ether oxygens (including phenoxy) is 1. The lowest BCUT2D eigenvalue weighted by atomic mass is 10.1. The van der Waals surface area contributed by atoms with Gasteiger partial charge in [0.25, 0.3) is 0 Å². The predicted molar refractivity (Wildman–Crippen MR) is 102 cm³/mol. The van der Waals surface area contributed by atoms with Crippen molar-refractivity contribution in [1.82, 2.24) is 15.2 Å². The second-order valence-electron chi connectivity index (χ2n) is 4.79. The summed E-state index contributed by atoms with van der Waals surface area (Å²) >= 11 is 4.15. The maximum absolute atomic E-state index is 12.0. The first kappa shape index (κ1) is 17.6. The molecule has 10 heteroatoms. The summed E-state index contributed by atoms with van der Waals surface area (Å²) in [6, 6.07) is 7.64. The Balaban J connectivity index is 1.55. The Morgan fingerprint density at radius 3 is 2.96 bits per heavy atom. The molecule has 3 N–H and O–H groups in total. The highest BCUT2D eigenvalue weighted by molar-refractivity contribution is 8.01. The molecule has 0 bridgehead atoms. The van der Waals surface area contributed by atoms with Gasteiger partial charge < -0.3 is 15.8 Å². The topological polar surface area (TPSA) is 103 Å². The van der Waals surface area contributed by atoms with E-state index in [1.165, 1.54) is 34.4 Å². The first-order valence-corrected chi connectivity index (χ1v) is 9.94. The number of nitrogens with two attached hydrogens (primary N) is 1. The molecule has 3 aromatic rings. The second-order valence-corrected chi connectivity index (χ2v) is 8.00. The van der Waals surface area contributed by atoms with Gasteiger partial charge in [-0.1, -0.05) is 35.2 Å². The number of hydrogen-bond acceptors (Lipinski definition) is 9. The van der Waals surface area contributed by atoms with Crippen LogP contribution in [0, 0.1) is 0 Å². The molecule has 0 atom stereocenters. The number of aromatic nitrogens is 3. The Bertz CT molecular complexity index is 864. The summed E-state index contributed by atoms with van der Waals surface area (Å²) in [6.07, 6.45) is 0.355. The van der Waals surface area contributed by atoms with E-state index in [0.717, 1.165) is 21.3 Å². The number of nitrogens with zero attached hydrogens (tertiary/aromatic N) is 3. The number of rotatable bonds is 7. The number of thioether (sulfide) groups is 1. The van der Waals surface area contributed by atoms with Crippen molar-refractivity contribution in [2.75, 3.05) is 23.9 Å². The van der Waals surface area contributed by atoms with Gasteiger partial charge in [0, 0.05) is 23.1 Å². The average molecular weight is 394 g/mol. The number of benzene rings is 1. The molecule has 7 nitrogen and oxygen atoms in total. The van der Waals surface area contributed by atoms with Gasteiger partial charge in [-0.05, 0) is 12.1 Å². The van der Waals surface area contributed by atoms with Crippen molar-refractivity contribution in [2.45, 2.75) is 10.8 Å². The minimum absolute atomic E-state index is 0.0917. The maximum Gasteiger partial charge on any atom is 0.226 e. The molecule has 0 saturated heterocycles. The highest BCUT2D eigenvalue weighted by Gasteiger charge is 2.11. The number of nitrogens with one attached hydrogen (secondary N) is 1. The molecular formula is C15H15N5O2S3. The van der Waals surface area contributed by atoms with Crippen LogP contribution in [-0.2, 0) is 4.79 Å². The Hall–Kier alpha value is -2.17. The SMILES string of the molecule is COc1ccccc1-c1csc(NC(=O)CCSc2nnc(N)s2)n1. The molecule has 2 aromatic heterocycles. The highest BCUT2D eigenvalue weighted by Crippen LogP contribution is 2.32. The van der Waals surface area contributed by atoms with Gasteiger partial charge in [-0.25, -0.2) is 4.98 Å². The Morgan fingerprint density at radius 1 is 1.36 bits per heavy atom. The van der Waals surface area contributed by atoms with Gasteiger partial charge in [0.05, 0.1) is 12.8 Å². The predicted octanol–water partition coefficient (Wildman–Crippen LogP) is 3.37. The van der Waals surface area contributed by atoms with Gasteiger partial charge >= 0.3 is 0 Å². The first-order valence-electron chi connectivity index (χ1n) is 7.26. The van der Waals surface area contributed by atoms with Crippen LogP contribution in [0.3, 0.4) is 0 Å². The number of carbonyl (C=O) groups excluding carboxylic acids is 1. The summed E-state index contributed by atoms with van der Waals surface area (Å²) in [5, 5.41) is 13.3. The van der Waals surface area contributed by atoms with E-state index in [1.54, 1.807) is 7.11 Å². The van der Waals surface area contributed by atoms with Gasteiger partial charge in [-0.15, -0.1) is 21.5 Å². The number of para-hydroxylation sites is 1. The number of anilines is 2. The molecule has 0 aliphatic heterocycles. The van der Waals surface area contributed by atoms with Crippen molar-refractivity contribution in [3.05, 3.63) is 29.6 Å². The average Bonchev–Trinajstić information content (AvgIpc) is 3.24. The Kier molecular flexibility index (Phi) is 5.84. The van der Waals surface area contributed by atoms with Gasteiger partial charge in [0.15, 0.2) is 9.47 Å². The van der Waals surface area contributed by atoms with Crippen LogP contribution in [0.2, 0.25) is 0 Å². The zero-order chi connectivity index (χ0) is 17.6. The van der Waals surface area contributed by atoms with Crippen LogP contribution in [0.4, 0.5) is 10.3 Å². The normalized spacial score (nSPS) is 10.6. The molecule has 0 aliphatic carbocycles. The molecule has 130 valence electrons. The largest absolute Gasteiger partial charge is 0.496 e. The van der Waals surface area contributed by atoms with Crippen molar-refractivity contribution >= 4 is 50.6 Å². The molecule has 0 unspecified atom stereocenters. The van der Waals surface area contributed by atoms with Crippen LogP contribution < -0.4 is 15.8 Å².